The van der Waals surface area contributed by atoms with Gasteiger partial charge in [-0.05, 0) is 59.6 Å². The molecule has 0 aliphatic rings. The van der Waals surface area contributed by atoms with Crippen molar-refractivity contribution in [3.63, 3.8) is 0 Å². The first-order chi connectivity index (χ1) is 13.9. The molecule has 10 heteroatoms. The molecule has 29 heavy (non-hydrogen) atoms. The second-order valence-corrected chi connectivity index (χ2v) is 7.97. The number of benzene rings is 2. The number of aryl methyl sites for hydroxylation is 1. The lowest BCUT2D eigenvalue weighted by Gasteiger charge is -2.09. The molecule has 8 nitrogen and oxygen atoms in total. The zero-order valence-corrected chi connectivity index (χ0v) is 18.2. The van der Waals surface area contributed by atoms with Crippen LogP contribution in [0.4, 0.5) is 11.4 Å². The van der Waals surface area contributed by atoms with Gasteiger partial charge in [0.2, 0.25) is 5.91 Å². The highest BCUT2D eigenvalue weighted by Crippen LogP contribution is 2.27. The molecule has 0 bridgehead atoms. The monoisotopic (exact) mass is 475 g/mol. The maximum absolute atomic E-state index is 12.3. The van der Waals surface area contributed by atoms with E-state index in [4.69, 9.17) is 0 Å². The lowest BCUT2D eigenvalue weighted by atomic mass is 10.2. The Balaban J connectivity index is 1.70. The van der Waals surface area contributed by atoms with Crippen molar-refractivity contribution in [3.05, 3.63) is 62.6 Å². The van der Waals surface area contributed by atoms with Crippen LogP contribution in [0.15, 0.2) is 52.1 Å². The maximum atomic E-state index is 12.3. The summed E-state index contributed by atoms with van der Waals surface area (Å²) in [6, 6.07) is 11.9. The van der Waals surface area contributed by atoms with E-state index in [2.05, 4.69) is 31.4 Å². The Bertz CT molecular complexity index is 1050. The molecule has 0 aliphatic carbocycles. The van der Waals surface area contributed by atoms with Crippen LogP contribution < -0.4 is 5.32 Å². The minimum absolute atomic E-state index is 0.0184. The molecule has 3 rings (SSSR count). The van der Waals surface area contributed by atoms with Gasteiger partial charge < -0.3 is 9.88 Å². The molecule has 1 heterocycles. The van der Waals surface area contributed by atoms with Crippen LogP contribution in [0.5, 0.6) is 0 Å². The average molecular weight is 476 g/mol. The summed E-state index contributed by atoms with van der Waals surface area (Å²) in [6.45, 7) is 4.53. The van der Waals surface area contributed by atoms with Crippen molar-refractivity contribution < 1.29 is 9.72 Å². The molecule has 0 unspecified atom stereocenters. The number of nitrogens with zero attached hydrogens (tertiary/aromatic N) is 4. The van der Waals surface area contributed by atoms with E-state index in [0.29, 0.717) is 23.2 Å². The van der Waals surface area contributed by atoms with Gasteiger partial charge in [0.25, 0.3) is 5.69 Å². The molecule has 3 aromatic rings. The molecule has 0 saturated carbocycles. The summed E-state index contributed by atoms with van der Waals surface area (Å²) in [6.07, 6.45) is 0. The lowest BCUT2D eigenvalue weighted by Crippen LogP contribution is -2.15. The van der Waals surface area contributed by atoms with Crippen molar-refractivity contribution in [1.82, 2.24) is 14.8 Å². The van der Waals surface area contributed by atoms with E-state index in [9.17, 15) is 14.9 Å². The zero-order valence-electron chi connectivity index (χ0n) is 15.8. The van der Waals surface area contributed by atoms with Gasteiger partial charge in [-0.3, -0.25) is 14.9 Å². The molecule has 0 spiro atoms. The van der Waals surface area contributed by atoms with Crippen LogP contribution in [-0.4, -0.2) is 31.3 Å². The topological polar surface area (TPSA) is 103 Å². The van der Waals surface area contributed by atoms with Crippen LogP contribution in [0.2, 0.25) is 0 Å². The molecule has 0 saturated heterocycles. The highest BCUT2D eigenvalue weighted by Gasteiger charge is 2.16. The zero-order chi connectivity index (χ0) is 21.0. The molecular weight excluding hydrogens is 458 g/mol. The van der Waals surface area contributed by atoms with Crippen molar-refractivity contribution in [3.8, 4) is 11.4 Å². The van der Waals surface area contributed by atoms with Crippen LogP contribution in [0.3, 0.4) is 0 Å². The number of carbonyl (C=O) groups excluding carboxylic acids is 1. The second kappa shape index (κ2) is 9.19. The quantitative estimate of drug-likeness (QED) is 0.302. The fourth-order valence-corrected chi connectivity index (χ4v) is 4.06. The first-order valence-corrected chi connectivity index (χ1v) is 10.5. The van der Waals surface area contributed by atoms with Crippen molar-refractivity contribution in [2.75, 3.05) is 11.1 Å². The number of nitro benzene ring substituents is 1. The summed E-state index contributed by atoms with van der Waals surface area (Å²) in [7, 11) is 0. The highest BCUT2D eigenvalue weighted by molar-refractivity contribution is 9.10. The fraction of sp³-hybridized carbons (Fsp3) is 0.211. The third-order valence-electron chi connectivity index (χ3n) is 4.10. The Kier molecular flexibility index (Phi) is 6.65. The van der Waals surface area contributed by atoms with E-state index in [1.807, 2.05) is 36.6 Å². The Morgan fingerprint density at radius 2 is 1.97 bits per heavy atom. The Labute approximate surface area is 180 Å². The van der Waals surface area contributed by atoms with E-state index in [1.54, 1.807) is 12.1 Å². The van der Waals surface area contributed by atoms with Gasteiger partial charge in [0.05, 0.1) is 16.4 Å². The number of hydrogen-bond donors (Lipinski definition) is 1. The number of thioether (sulfide) groups is 1. The van der Waals surface area contributed by atoms with Gasteiger partial charge in [0.15, 0.2) is 11.0 Å². The van der Waals surface area contributed by atoms with Crippen LogP contribution in [0.25, 0.3) is 11.4 Å². The lowest BCUT2D eigenvalue weighted by molar-refractivity contribution is -0.384. The molecule has 0 fully saturated rings. The Morgan fingerprint density at radius 3 is 2.59 bits per heavy atom. The van der Waals surface area contributed by atoms with Crippen molar-refractivity contribution >= 4 is 45.0 Å². The number of non-ortho nitro benzene ring substituents is 1. The summed E-state index contributed by atoms with van der Waals surface area (Å²) < 4.78 is 2.70. The number of amides is 1. The van der Waals surface area contributed by atoms with Gasteiger partial charge in [-0.2, -0.15) is 0 Å². The number of nitro groups is 1. The number of aromatic nitrogens is 3. The smallest absolute Gasteiger partial charge is 0.269 e. The van der Waals surface area contributed by atoms with Crippen molar-refractivity contribution in [1.29, 1.82) is 0 Å². The molecular formula is C19H18BrN5O3S. The van der Waals surface area contributed by atoms with Gasteiger partial charge in [-0.25, -0.2) is 0 Å². The van der Waals surface area contributed by atoms with E-state index in [1.165, 1.54) is 23.9 Å². The SMILES string of the molecule is CCn1c(SCC(=O)Nc2ccc(C)cc2Br)nnc1-c1ccc([N+](=O)[O-])cc1. The van der Waals surface area contributed by atoms with Gasteiger partial charge in [-0.15, -0.1) is 10.2 Å². The van der Waals surface area contributed by atoms with E-state index in [0.717, 1.165) is 15.6 Å². The second-order valence-electron chi connectivity index (χ2n) is 6.17. The molecule has 150 valence electrons. The van der Waals surface area contributed by atoms with Crippen LogP contribution in [0, 0.1) is 17.0 Å². The van der Waals surface area contributed by atoms with Gasteiger partial charge in [-0.1, -0.05) is 17.8 Å². The number of hydrogen-bond acceptors (Lipinski definition) is 6. The number of anilines is 1. The third kappa shape index (κ3) is 5.01. The fourth-order valence-electron chi connectivity index (χ4n) is 2.66. The average Bonchev–Trinajstić information content (AvgIpc) is 3.11. The number of nitrogens with one attached hydrogen (secondary N) is 1. The number of halogens is 1. The Hall–Kier alpha value is -2.72. The molecule has 0 aliphatic heterocycles. The molecule has 2 aromatic carbocycles. The molecule has 1 N–H and O–H groups in total. The van der Waals surface area contributed by atoms with Crippen molar-refractivity contribution in [2.45, 2.75) is 25.5 Å². The van der Waals surface area contributed by atoms with Crippen LogP contribution >= 0.6 is 27.7 Å². The summed E-state index contributed by atoms with van der Waals surface area (Å²) in [4.78, 5) is 22.7. The van der Waals surface area contributed by atoms with Gasteiger partial charge >= 0.3 is 0 Å². The maximum Gasteiger partial charge on any atom is 0.269 e. The standard InChI is InChI=1S/C19H18BrN5O3S/c1-3-24-18(13-5-7-14(8-6-13)25(27)28)22-23-19(24)29-11-17(26)21-16-9-4-12(2)10-15(16)20/h4-10H,3,11H2,1-2H3,(H,21,26). The summed E-state index contributed by atoms with van der Waals surface area (Å²) in [5.74, 6) is 0.632. The molecule has 0 radical (unpaired) electrons. The minimum atomic E-state index is -0.444. The number of rotatable bonds is 7. The first-order valence-electron chi connectivity index (χ1n) is 8.76. The highest BCUT2D eigenvalue weighted by atomic mass is 79.9. The number of carbonyl (C=O) groups is 1. The van der Waals surface area contributed by atoms with E-state index >= 15 is 0 Å². The molecule has 1 amide bonds. The van der Waals surface area contributed by atoms with Crippen LogP contribution in [-0.2, 0) is 11.3 Å². The van der Waals surface area contributed by atoms with Crippen LogP contribution in [0.1, 0.15) is 12.5 Å². The first kappa shape index (κ1) is 21.0. The molecule has 1 aromatic heterocycles. The Morgan fingerprint density at radius 1 is 1.24 bits per heavy atom. The molecule has 0 atom stereocenters. The van der Waals surface area contributed by atoms with Gasteiger partial charge in [0.1, 0.15) is 0 Å². The van der Waals surface area contributed by atoms with E-state index in [-0.39, 0.29) is 17.3 Å². The third-order valence-corrected chi connectivity index (χ3v) is 5.72. The largest absolute Gasteiger partial charge is 0.324 e. The summed E-state index contributed by atoms with van der Waals surface area (Å²) in [5, 5.41) is 22.7. The normalized spacial score (nSPS) is 10.7. The van der Waals surface area contributed by atoms with E-state index < -0.39 is 4.92 Å². The summed E-state index contributed by atoms with van der Waals surface area (Å²) in [5.41, 5.74) is 2.55. The van der Waals surface area contributed by atoms with Gasteiger partial charge in [0, 0.05) is 28.7 Å². The summed E-state index contributed by atoms with van der Waals surface area (Å²) >= 11 is 4.73. The van der Waals surface area contributed by atoms with Crippen molar-refractivity contribution in [2.24, 2.45) is 0 Å². The minimum Gasteiger partial charge on any atom is -0.324 e. The predicted molar refractivity (Wildman–Crippen MR) is 116 cm³/mol. The predicted octanol–water partition coefficient (Wildman–Crippen LogP) is 4.67.